The van der Waals surface area contributed by atoms with Crippen LogP contribution in [0.3, 0.4) is 0 Å². The zero-order chi connectivity index (χ0) is 20.9. The maximum Gasteiger partial charge on any atom is 0.253 e. The molecule has 1 aromatic carbocycles. The summed E-state index contributed by atoms with van der Waals surface area (Å²) in [6.45, 7) is 4.47. The number of pyridine rings is 1. The van der Waals surface area contributed by atoms with Crippen LogP contribution >= 0.6 is 12.2 Å². The van der Waals surface area contributed by atoms with Gasteiger partial charge in [-0.15, -0.1) is 0 Å². The molecule has 0 amide bonds. The van der Waals surface area contributed by atoms with Gasteiger partial charge < -0.3 is 24.4 Å². The summed E-state index contributed by atoms with van der Waals surface area (Å²) in [6, 6.07) is 11.9. The standard InChI is InChI=1S/C23H27N3O3S/c1-2-16-7-8-21-17(11-16)12-18(22(27)25-21)14-26(15-20-6-4-10-29-20)23(30)24-13-19-5-3-9-28-19/h4,6-8,10-12,19H,2-3,5,9,13-15H2,1H3,(H,24,30)(H,25,27)/t19-/m0/s1. The number of nitrogens with zero attached hydrogens (tertiary/aromatic N) is 1. The Labute approximate surface area is 181 Å². The maximum absolute atomic E-state index is 12.7. The quantitative estimate of drug-likeness (QED) is 0.562. The summed E-state index contributed by atoms with van der Waals surface area (Å²) < 4.78 is 11.2. The van der Waals surface area contributed by atoms with Crippen LogP contribution in [0.25, 0.3) is 10.9 Å². The second-order valence-corrected chi connectivity index (χ2v) is 8.04. The lowest BCUT2D eigenvalue weighted by atomic mass is 10.1. The Kier molecular flexibility index (Phi) is 6.50. The SMILES string of the molecule is CCc1ccc2[nH]c(=O)c(CN(Cc3ccco3)C(=S)NC[C@@H]3CCCO3)cc2c1. The van der Waals surface area contributed by atoms with Gasteiger partial charge in [0.05, 0.1) is 25.5 Å². The predicted molar refractivity (Wildman–Crippen MR) is 121 cm³/mol. The molecule has 4 rings (SSSR count). The minimum atomic E-state index is -0.0990. The molecule has 1 atom stereocenters. The van der Waals surface area contributed by atoms with Crippen LogP contribution in [0.15, 0.2) is 51.9 Å². The number of aromatic nitrogens is 1. The Balaban J connectivity index is 1.56. The monoisotopic (exact) mass is 425 g/mol. The number of nitrogens with one attached hydrogen (secondary N) is 2. The van der Waals surface area contributed by atoms with Crippen molar-refractivity contribution in [3.8, 4) is 0 Å². The molecule has 158 valence electrons. The van der Waals surface area contributed by atoms with Crippen molar-refractivity contribution in [1.29, 1.82) is 0 Å². The molecule has 0 aliphatic carbocycles. The maximum atomic E-state index is 12.7. The molecule has 1 aliphatic heterocycles. The summed E-state index contributed by atoms with van der Waals surface area (Å²) in [7, 11) is 0. The third kappa shape index (κ3) is 4.91. The van der Waals surface area contributed by atoms with E-state index in [2.05, 4.69) is 23.3 Å². The first-order valence-corrected chi connectivity index (χ1v) is 10.8. The van der Waals surface area contributed by atoms with E-state index in [-0.39, 0.29) is 11.7 Å². The van der Waals surface area contributed by atoms with Gasteiger partial charge in [-0.3, -0.25) is 4.79 Å². The summed E-state index contributed by atoms with van der Waals surface area (Å²) in [5.74, 6) is 0.793. The van der Waals surface area contributed by atoms with E-state index >= 15 is 0 Å². The molecule has 30 heavy (non-hydrogen) atoms. The van der Waals surface area contributed by atoms with Gasteiger partial charge in [0.15, 0.2) is 5.11 Å². The van der Waals surface area contributed by atoms with Crippen molar-refractivity contribution < 1.29 is 9.15 Å². The van der Waals surface area contributed by atoms with Crippen LogP contribution in [0.1, 0.15) is 36.7 Å². The average molecular weight is 426 g/mol. The number of ether oxygens (including phenoxy) is 1. The van der Waals surface area contributed by atoms with Crippen LogP contribution in [0, 0.1) is 0 Å². The van der Waals surface area contributed by atoms with Gasteiger partial charge in [-0.05, 0) is 72.8 Å². The Hall–Kier alpha value is -2.64. The van der Waals surface area contributed by atoms with Crippen molar-refractivity contribution in [3.63, 3.8) is 0 Å². The third-order valence-corrected chi connectivity index (χ3v) is 5.88. The van der Waals surface area contributed by atoms with E-state index < -0.39 is 0 Å². The van der Waals surface area contributed by atoms with Crippen molar-refractivity contribution in [3.05, 3.63) is 69.9 Å². The Morgan fingerprint density at radius 1 is 1.30 bits per heavy atom. The van der Waals surface area contributed by atoms with Gasteiger partial charge >= 0.3 is 0 Å². The average Bonchev–Trinajstić information content (AvgIpc) is 3.46. The summed E-state index contributed by atoms with van der Waals surface area (Å²) in [5, 5.41) is 4.93. The van der Waals surface area contributed by atoms with Crippen molar-refractivity contribution in [2.45, 2.75) is 45.4 Å². The van der Waals surface area contributed by atoms with Gasteiger partial charge in [0, 0.05) is 24.2 Å². The summed E-state index contributed by atoms with van der Waals surface area (Å²) in [4.78, 5) is 17.7. The van der Waals surface area contributed by atoms with Crippen LogP contribution < -0.4 is 10.9 Å². The van der Waals surface area contributed by atoms with Crippen LogP contribution in [0.5, 0.6) is 0 Å². The molecule has 0 bridgehead atoms. The molecule has 3 aromatic rings. The molecule has 3 heterocycles. The van der Waals surface area contributed by atoms with E-state index in [1.807, 2.05) is 35.2 Å². The molecule has 7 heteroatoms. The van der Waals surface area contributed by atoms with Crippen LogP contribution in [-0.2, 0) is 24.2 Å². The van der Waals surface area contributed by atoms with Crippen molar-refractivity contribution in [2.24, 2.45) is 0 Å². The number of aryl methyl sites for hydroxylation is 1. The Bertz CT molecular complexity index is 1060. The van der Waals surface area contributed by atoms with Gasteiger partial charge in [-0.25, -0.2) is 0 Å². The lowest BCUT2D eigenvalue weighted by Gasteiger charge is -2.26. The second kappa shape index (κ2) is 9.45. The molecule has 0 unspecified atom stereocenters. The topological polar surface area (TPSA) is 70.5 Å². The number of aromatic amines is 1. The highest BCUT2D eigenvalue weighted by atomic mass is 32.1. The van der Waals surface area contributed by atoms with Crippen LogP contribution in [0.4, 0.5) is 0 Å². The molecular weight excluding hydrogens is 398 g/mol. The van der Waals surface area contributed by atoms with E-state index in [0.29, 0.717) is 30.3 Å². The third-order valence-electron chi connectivity index (χ3n) is 5.47. The molecule has 1 aliphatic rings. The minimum Gasteiger partial charge on any atom is -0.467 e. The van der Waals surface area contributed by atoms with E-state index in [4.69, 9.17) is 21.4 Å². The van der Waals surface area contributed by atoms with Crippen LogP contribution in [-0.4, -0.2) is 34.3 Å². The van der Waals surface area contributed by atoms with Crippen LogP contribution in [0.2, 0.25) is 0 Å². The predicted octanol–water partition coefficient (Wildman–Crippen LogP) is 3.74. The fourth-order valence-electron chi connectivity index (χ4n) is 3.75. The highest BCUT2D eigenvalue weighted by Gasteiger charge is 2.19. The van der Waals surface area contributed by atoms with Gasteiger partial charge in [-0.2, -0.15) is 0 Å². The molecular formula is C23H27N3O3S. The first-order chi connectivity index (χ1) is 14.6. The van der Waals surface area contributed by atoms with Gasteiger partial charge in [0.1, 0.15) is 5.76 Å². The zero-order valence-corrected chi connectivity index (χ0v) is 18.0. The van der Waals surface area contributed by atoms with Gasteiger partial charge in [0.2, 0.25) is 0 Å². The molecule has 0 radical (unpaired) electrons. The normalized spacial score (nSPS) is 16.1. The first-order valence-electron chi connectivity index (χ1n) is 10.4. The van der Waals surface area contributed by atoms with E-state index in [1.54, 1.807) is 6.26 Å². The fourth-order valence-corrected chi connectivity index (χ4v) is 3.97. The largest absolute Gasteiger partial charge is 0.467 e. The van der Waals surface area contributed by atoms with Crippen molar-refractivity contribution >= 4 is 28.2 Å². The number of benzene rings is 1. The Morgan fingerprint density at radius 3 is 2.93 bits per heavy atom. The number of rotatable bonds is 7. The first kappa shape index (κ1) is 20.6. The Morgan fingerprint density at radius 2 is 2.20 bits per heavy atom. The molecule has 2 aromatic heterocycles. The molecule has 6 nitrogen and oxygen atoms in total. The lowest BCUT2D eigenvalue weighted by molar-refractivity contribution is 0.113. The number of fused-ring (bicyclic) bond motifs is 1. The van der Waals surface area contributed by atoms with E-state index in [0.717, 1.165) is 42.5 Å². The number of hydrogen-bond acceptors (Lipinski definition) is 4. The van der Waals surface area contributed by atoms with Gasteiger partial charge in [-0.1, -0.05) is 13.0 Å². The van der Waals surface area contributed by atoms with E-state index in [1.165, 1.54) is 5.56 Å². The molecule has 0 saturated carbocycles. The minimum absolute atomic E-state index is 0.0990. The highest BCUT2D eigenvalue weighted by molar-refractivity contribution is 7.80. The second-order valence-electron chi connectivity index (χ2n) is 7.66. The molecule has 1 fully saturated rings. The molecule has 1 saturated heterocycles. The highest BCUT2D eigenvalue weighted by Crippen LogP contribution is 2.17. The van der Waals surface area contributed by atoms with Crippen molar-refractivity contribution in [2.75, 3.05) is 13.2 Å². The smallest absolute Gasteiger partial charge is 0.253 e. The number of furan rings is 1. The fraction of sp³-hybridized carbons (Fsp3) is 0.391. The molecule has 0 spiro atoms. The number of hydrogen-bond donors (Lipinski definition) is 2. The van der Waals surface area contributed by atoms with Gasteiger partial charge in [0.25, 0.3) is 5.56 Å². The molecule has 2 N–H and O–H groups in total. The zero-order valence-electron chi connectivity index (χ0n) is 17.1. The van der Waals surface area contributed by atoms with Crippen molar-refractivity contribution in [1.82, 2.24) is 15.2 Å². The van der Waals surface area contributed by atoms with E-state index in [9.17, 15) is 4.79 Å². The summed E-state index contributed by atoms with van der Waals surface area (Å²) in [5.41, 5.74) is 2.65. The number of thiocarbonyl (C=S) groups is 1. The number of H-pyrrole nitrogens is 1. The summed E-state index contributed by atoms with van der Waals surface area (Å²) in [6.07, 6.45) is 4.90. The summed E-state index contributed by atoms with van der Waals surface area (Å²) >= 11 is 5.67. The lowest BCUT2D eigenvalue weighted by Crippen LogP contribution is -2.42.